The standard InChI is InChI=1S/C14H17F3N2O4S/c1-9(20)18-12(6-7-24(2,22)23)13(21)19-11-5-3-4-10(8-11)14(15,16)17/h3-5,8,12H,6-7H2,1-2H3,(H,18,20)(H,19,21)/t12-/m1/s1. The van der Waals surface area contributed by atoms with Crippen molar-refractivity contribution in [1.29, 1.82) is 0 Å². The highest BCUT2D eigenvalue weighted by Crippen LogP contribution is 2.30. The fourth-order valence-corrected chi connectivity index (χ4v) is 2.51. The number of benzene rings is 1. The van der Waals surface area contributed by atoms with E-state index in [2.05, 4.69) is 10.6 Å². The quantitative estimate of drug-likeness (QED) is 0.800. The van der Waals surface area contributed by atoms with E-state index in [1.165, 1.54) is 6.07 Å². The third-order valence-corrected chi connectivity index (χ3v) is 3.91. The number of hydrogen-bond acceptors (Lipinski definition) is 4. The smallest absolute Gasteiger partial charge is 0.345 e. The molecular formula is C14H17F3N2O4S. The van der Waals surface area contributed by atoms with Crippen LogP contribution < -0.4 is 10.6 Å². The van der Waals surface area contributed by atoms with Crippen molar-refractivity contribution in [3.8, 4) is 0 Å². The summed E-state index contributed by atoms with van der Waals surface area (Å²) in [5.74, 6) is -1.71. The molecule has 0 fully saturated rings. The van der Waals surface area contributed by atoms with Crippen molar-refractivity contribution >= 4 is 27.3 Å². The van der Waals surface area contributed by atoms with Crippen LogP contribution in [0.25, 0.3) is 0 Å². The molecule has 134 valence electrons. The molecule has 0 aliphatic carbocycles. The Balaban J connectivity index is 2.89. The average molecular weight is 366 g/mol. The molecule has 0 aliphatic heterocycles. The van der Waals surface area contributed by atoms with Crippen molar-refractivity contribution < 1.29 is 31.2 Å². The Labute approximate surface area is 137 Å². The van der Waals surface area contributed by atoms with Crippen molar-refractivity contribution in [3.63, 3.8) is 0 Å². The van der Waals surface area contributed by atoms with Crippen LogP contribution in [-0.4, -0.2) is 38.3 Å². The van der Waals surface area contributed by atoms with E-state index in [4.69, 9.17) is 0 Å². The molecule has 0 saturated carbocycles. The summed E-state index contributed by atoms with van der Waals surface area (Å²) in [4.78, 5) is 23.3. The summed E-state index contributed by atoms with van der Waals surface area (Å²) in [6, 6.07) is 2.81. The minimum absolute atomic E-state index is 0.107. The largest absolute Gasteiger partial charge is 0.416 e. The molecular weight excluding hydrogens is 349 g/mol. The fourth-order valence-electron chi connectivity index (χ4n) is 1.85. The van der Waals surface area contributed by atoms with E-state index in [1.807, 2.05) is 0 Å². The fraction of sp³-hybridized carbons (Fsp3) is 0.429. The van der Waals surface area contributed by atoms with Crippen LogP contribution in [0.1, 0.15) is 18.9 Å². The molecule has 1 rings (SSSR count). The van der Waals surface area contributed by atoms with E-state index in [9.17, 15) is 31.2 Å². The van der Waals surface area contributed by atoms with Crippen molar-refractivity contribution in [2.75, 3.05) is 17.3 Å². The maximum absolute atomic E-state index is 12.7. The van der Waals surface area contributed by atoms with Crippen LogP contribution in [-0.2, 0) is 25.6 Å². The van der Waals surface area contributed by atoms with Gasteiger partial charge in [0.05, 0.1) is 11.3 Å². The highest BCUT2D eigenvalue weighted by atomic mass is 32.2. The van der Waals surface area contributed by atoms with Crippen LogP contribution in [0.3, 0.4) is 0 Å². The molecule has 2 N–H and O–H groups in total. The molecule has 0 unspecified atom stereocenters. The second-order valence-electron chi connectivity index (χ2n) is 5.24. The number of rotatable bonds is 6. The Morgan fingerprint density at radius 2 is 1.88 bits per heavy atom. The lowest BCUT2D eigenvalue weighted by molar-refractivity contribution is -0.137. The predicted molar refractivity (Wildman–Crippen MR) is 82.0 cm³/mol. The summed E-state index contributed by atoms with van der Waals surface area (Å²) in [5, 5.41) is 4.53. The number of amides is 2. The lowest BCUT2D eigenvalue weighted by Gasteiger charge is -2.17. The van der Waals surface area contributed by atoms with Gasteiger partial charge in [-0.25, -0.2) is 8.42 Å². The van der Waals surface area contributed by atoms with Gasteiger partial charge in [0.15, 0.2) is 0 Å². The number of halogens is 3. The van der Waals surface area contributed by atoms with E-state index >= 15 is 0 Å². The first-order valence-corrected chi connectivity index (χ1v) is 8.87. The second-order valence-corrected chi connectivity index (χ2v) is 7.50. The Hall–Kier alpha value is -2.10. The van der Waals surface area contributed by atoms with E-state index in [0.29, 0.717) is 0 Å². The zero-order valence-electron chi connectivity index (χ0n) is 13.0. The van der Waals surface area contributed by atoms with Gasteiger partial charge in [-0.2, -0.15) is 13.2 Å². The summed E-state index contributed by atoms with van der Waals surface area (Å²) in [6.07, 6.45) is -3.78. The van der Waals surface area contributed by atoms with E-state index in [0.717, 1.165) is 31.4 Å². The molecule has 0 saturated heterocycles. The maximum atomic E-state index is 12.7. The van der Waals surface area contributed by atoms with Crippen molar-refractivity contribution in [3.05, 3.63) is 29.8 Å². The van der Waals surface area contributed by atoms with Gasteiger partial charge in [0, 0.05) is 18.9 Å². The van der Waals surface area contributed by atoms with Crippen molar-refractivity contribution in [1.82, 2.24) is 5.32 Å². The predicted octanol–water partition coefficient (Wildman–Crippen LogP) is 1.58. The molecule has 0 spiro atoms. The van der Waals surface area contributed by atoms with Gasteiger partial charge in [-0.15, -0.1) is 0 Å². The zero-order chi connectivity index (χ0) is 18.5. The van der Waals surface area contributed by atoms with Crippen LogP contribution in [0, 0.1) is 0 Å². The number of carbonyl (C=O) groups excluding carboxylic acids is 2. The number of sulfone groups is 1. The van der Waals surface area contributed by atoms with Crippen LogP contribution in [0.4, 0.5) is 18.9 Å². The normalized spacial score (nSPS) is 13.2. The van der Waals surface area contributed by atoms with Crippen LogP contribution in [0.5, 0.6) is 0 Å². The van der Waals surface area contributed by atoms with Gasteiger partial charge >= 0.3 is 6.18 Å². The molecule has 0 radical (unpaired) electrons. The number of nitrogens with one attached hydrogen (secondary N) is 2. The van der Waals surface area contributed by atoms with Gasteiger partial charge in [-0.1, -0.05) is 6.07 Å². The van der Waals surface area contributed by atoms with Crippen LogP contribution >= 0.6 is 0 Å². The highest BCUT2D eigenvalue weighted by Gasteiger charge is 2.30. The minimum Gasteiger partial charge on any atom is -0.345 e. The van der Waals surface area contributed by atoms with Gasteiger partial charge in [0.25, 0.3) is 0 Å². The topological polar surface area (TPSA) is 92.3 Å². The molecule has 0 heterocycles. The highest BCUT2D eigenvalue weighted by molar-refractivity contribution is 7.90. The van der Waals surface area contributed by atoms with Crippen LogP contribution in [0.15, 0.2) is 24.3 Å². The van der Waals surface area contributed by atoms with Gasteiger partial charge in [-0.3, -0.25) is 9.59 Å². The lowest BCUT2D eigenvalue weighted by atomic mass is 10.1. The molecule has 10 heteroatoms. The Kier molecular flexibility index (Phi) is 6.35. The number of hydrogen-bond donors (Lipinski definition) is 2. The second kappa shape index (κ2) is 7.65. The number of carbonyl (C=O) groups is 2. The molecule has 1 aromatic rings. The van der Waals surface area contributed by atoms with Gasteiger partial charge in [0.1, 0.15) is 15.9 Å². The maximum Gasteiger partial charge on any atom is 0.416 e. The van der Waals surface area contributed by atoms with E-state index in [1.54, 1.807) is 0 Å². The first kappa shape index (κ1) is 19.9. The Bertz CT molecular complexity index is 717. The molecule has 6 nitrogen and oxygen atoms in total. The van der Waals surface area contributed by atoms with Gasteiger partial charge in [-0.05, 0) is 24.6 Å². The molecule has 1 atom stereocenters. The molecule has 0 bridgehead atoms. The Morgan fingerprint density at radius 1 is 1.25 bits per heavy atom. The minimum atomic E-state index is -4.56. The first-order chi connectivity index (χ1) is 10.9. The van der Waals surface area contributed by atoms with E-state index < -0.39 is 39.4 Å². The third kappa shape index (κ3) is 6.99. The molecule has 0 aliphatic rings. The molecule has 0 aromatic heterocycles. The summed E-state index contributed by atoms with van der Waals surface area (Å²) in [7, 11) is -3.37. The lowest BCUT2D eigenvalue weighted by Crippen LogP contribution is -2.43. The summed E-state index contributed by atoms with van der Waals surface area (Å²) >= 11 is 0. The SMILES string of the molecule is CC(=O)N[C@H](CCS(C)(=O)=O)C(=O)Nc1cccc(C(F)(F)F)c1. The number of anilines is 1. The average Bonchev–Trinajstić information content (AvgIpc) is 2.41. The molecule has 1 aromatic carbocycles. The summed E-state index contributed by atoms with van der Waals surface area (Å²) < 4.78 is 60.3. The van der Waals surface area contributed by atoms with Gasteiger partial charge in [0.2, 0.25) is 11.8 Å². The number of alkyl halides is 3. The van der Waals surface area contributed by atoms with Crippen molar-refractivity contribution in [2.45, 2.75) is 25.6 Å². The third-order valence-electron chi connectivity index (χ3n) is 2.93. The summed E-state index contributed by atoms with van der Waals surface area (Å²) in [6.45, 7) is 1.14. The zero-order valence-corrected chi connectivity index (χ0v) is 13.8. The van der Waals surface area contributed by atoms with Crippen LogP contribution in [0.2, 0.25) is 0 Å². The monoisotopic (exact) mass is 366 g/mol. The van der Waals surface area contributed by atoms with Gasteiger partial charge < -0.3 is 10.6 Å². The molecule has 24 heavy (non-hydrogen) atoms. The Morgan fingerprint density at radius 3 is 2.38 bits per heavy atom. The van der Waals surface area contributed by atoms with E-state index in [-0.39, 0.29) is 17.9 Å². The van der Waals surface area contributed by atoms with Crippen molar-refractivity contribution in [2.24, 2.45) is 0 Å². The molecule has 2 amide bonds. The summed E-state index contributed by atoms with van der Waals surface area (Å²) in [5.41, 5.74) is -1.04. The first-order valence-electron chi connectivity index (χ1n) is 6.81.